The fourth-order valence-electron chi connectivity index (χ4n) is 0.751. The van der Waals surface area contributed by atoms with Gasteiger partial charge >= 0.3 is 0 Å². The molecule has 1 atom stereocenters. The van der Waals surface area contributed by atoms with Crippen LogP contribution in [-0.2, 0) is 4.74 Å². The summed E-state index contributed by atoms with van der Waals surface area (Å²) in [6, 6.07) is 0. The van der Waals surface area contributed by atoms with Crippen molar-refractivity contribution in [1.29, 1.82) is 0 Å². The molecule has 0 fully saturated rings. The first-order valence-electron chi connectivity index (χ1n) is 4.11. The van der Waals surface area contributed by atoms with Gasteiger partial charge in [0, 0.05) is 12.4 Å². The summed E-state index contributed by atoms with van der Waals surface area (Å²) in [5.74, 6) is 0.542. The Morgan fingerprint density at radius 3 is 3.23 bits per heavy atom. The first-order valence-corrected chi connectivity index (χ1v) is 5.09. The lowest BCUT2D eigenvalue weighted by Crippen LogP contribution is -2.17. The van der Waals surface area contributed by atoms with Crippen LogP contribution in [0, 0.1) is 0 Å². The van der Waals surface area contributed by atoms with Crippen LogP contribution >= 0.6 is 11.8 Å². The number of thioether (sulfide) groups is 1. The molecule has 1 rings (SSSR count). The van der Waals surface area contributed by atoms with E-state index >= 15 is 0 Å². The zero-order valence-electron chi connectivity index (χ0n) is 7.47. The zero-order valence-corrected chi connectivity index (χ0v) is 8.29. The largest absolute Gasteiger partial charge is 0.440 e. The Morgan fingerprint density at radius 2 is 2.62 bits per heavy atom. The number of hydrogen-bond acceptors (Lipinski definition) is 5. The van der Waals surface area contributed by atoms with Crippen LogP contribution in [-0.4, -0.2) is 35.2 Å². The minimum Gasteiger partial charge on any atom is -0.440 e. The highest BCUT2D eigenvalue weighted by molar-refractivity contribution is 7.99. The lowest BCUT2D eigenvalue weighted by Gasteiger charge is -2.07. The summed E-state index contributed by atoms with van der Waals surface area (Å²) in [4.78, 5) is 3.91. The number of nitrogens with zero attached hydrogens (tertiary/aromatic N) is 1. The molecule has 0 amide bonds. The normalized spacial score (nSPS) is 13.1. The van der Waals surface area contributed by atoms with Gasteiger partial charge in [0.1, 0.15) is 6.26 Å². The molecular weight excluding hydrogens is 190 g/mol. The molecule has 4 nitrogen and oxygen atoms in total. The lowest BCUT2D eigenvalue weighted by molar-refractivity contribution is 0.0550. The molecule has 0 saturated carbocycles. The molecule has 0 radical (unpaired) electrons. The standard InChI is InChI=1S/C8H13NO3S/c1-2-11-5-7(10)6-13-8-9-3-4-12-8/h3-4,7,10H,2,5-6H2,1H3. The second-order valence-corrected chi connectivity index (χ2v) is 3.39. The fraction of sp³-hybridized carbons (Fsp3) is 0.625. The van der Waals surface area contributed by atoms with Crippen molar-refractivity contribution in [3.8, 4) is 0 Å². The van der Waals surface area contributed by atoms with Gasteiger partial charge in [-0.1, -0.05) is 11.8 Å². The third-order valence-corrected chi connectivity index (χ3v) is 2.32. The smallest absolute Gasteiger partial charge is 0.255 e. The Bertz CT molecular complexity index is 215. The average molecular weight is 203 g/mol. The number of aliphatic hydroxyl groups is 1. The van der Waals surface area contributed by atoms with Gasteiger partial charge in [0.05, 0.1) is 18.9 Å². The van der Waals surface area contributed by atoms with Gasteiger partial charge in [-0.3, -0.25) is 0 Å². The van der Waals surface area contributed by atoms with Crippen molar-refractivity contribution in [2.45, 2.75) is 18.3 Å². The van der Waals surface area contributed by atoms with Gasteiger partial charge in [-0.15, -0.1) is 0 Å². The van der Waals surface area contributed by atoms with Gasteiger partial charge in [0.25, 0.3) is 5.22 Å². The van der Waals surface area contributed by atoms with Crippen molar-refractivity contribution >= 4 is 11.8 Å². The van der Waals surface area contributed by atoms with Crippen molar-refractivity contribution < 1.29 is 14.3 Å². The van der Waals surface area contributed by atoms with E-state index in [0.29, 0.717) is 24.2 Å². The number of oxazole rings is 1. The Hall–Kier alpha value is -0.520. The minimum absolute atomic E-state index is 0.365. The number of rotatable bonds is 6. The first-order chi connectivity index (χ1) is 6.33. The topological polar surface area (TPSA) is 55.5 Å². The van der Waals surface area contributed by atoms with E-state index in [2.05, 4.69) is 4.98 Å². The monoisotopic (exact) mass is 203 g/mol. The van der Waals surface area contributed by atoms with Crippen molar-refractivity contribution in [3.63, 3.8) is 0 Å². The van der Waals surface area contributed by atoms with Gasteiger partial charge in [0.2, 0.25) is 0 Å². The molecule has 5 heteroatoms. The molecule has 1 unspecified atom stereocenters. The van der Waals surface area contributed by atoms with Crippen molar-refractivity contribution in [3.05, 3.63) is 12.5 Å². The maximum Gasteiger partial charge on any atom is 0.255 e. The summed E-state index contributed by atoms with van der Waals surface area (Å²) in [7, 11) is 0. The van der Waals surface area contributed by atoms with E-state index in [-0.39, 0.29) is 0 Å². The second kappa shape index (κ2) is 6.01. The Morgan fingerprint density at radius 1 is 1.77 bits per heavy atom. The highest BCUT2D eigenvalue weighted by atomic mass is 32.2. The molecule has 0 aromatic carbocycles. The Balaban J connectivity index is 2.11. The first kappa shape index (κ1) is 10.6. The highest BCUT2D eigenvalue weighted by Gasteiger charge is 2.06. The number of hydrogen-bond donors (Lipinski definition) is 1. The summed E-state index contributed by atoms with van der Waals surface area (Å²) in [6.07, 6.45) is 2.63. The van der Waals surface area contributed by atoms with Crippen LogP contribution < -0.4 is 0 Å². The second-order valence-electron chi connectivity index (χ2n) is 2.42. The van der Waals surface area contributed by atoms with Crippen LogP contribution in [0.3, 0.4) is 0 Å². The van der Waals surface area contributed by atoms with Crippen molar-refractivity contribution in [2.75, 3.05) is 19.0 Å². The van der Waals surface area contributed by atoms with Crippen LogP contribution in [0.25, 0.3) is 0 Å². The summed E-state index contributed by atoms with van der Waals surface area (Å²) < 4.78 is 10.0. The van der Waals surface area contributed by atoms with Crippen molar-refractivity contribution in [1.82, 2.24) is 4.98 Å². The minimum atomic E-state index is -0.461. The lowest BCUT2D eigenvalue weighted by atomic mass is 10.4. The van der Waals surface area contributed by atoms with Gasteiger partial charge in [-0.25, -0.2) is 4.98 Å². The zero-order chi connectivity index (χ0) is 9.52. The molecule has 0 aliphatic carbocycles. The molecule has 74 valence electrons. The van der Waals surface area contributed by atoms with Gasteiger partial charge < -0.3 is 14.3 Å². The Labute approximate surface area is 81.3 Å². The SMILES string of the molecule is CCOCC(O)CSc1ncco1. The molecule has 0 spiro atoms. The van der Waals surface area contributed by atoms with Crippen LogP contribution in [0.2, 0.25) is 0 Å². The van der Waals surface area contributed by atoms with E-state index in [0.717, 1.165) is 0 Å². The molecule has 1 aromatic heterocycles. The quantitative estimate of drug-likeness (QED) is 0.703. The molecule has 13 heavy (non-hydrogen) atoms. The van der Waals surface area contributed by atoms with Crippen LogP contribution in [0.4, 0.5) is 0 Å². The van der Waals surface area contributed by atoms with Gasteiger partial charge in [0.15, 0.2) is 0 Å². The van der Waals surface area contributed by atoms with Crippen LogP contribution in [0.1, 0.15) is 6.92 Å². The maximum absolute atomic E-state index is 9.36. The molecule has 1 N–H and O–H groups in total. The molecule has 1 aromatic rings. The van der Waals surface area contributed by atoms with Gasteiger partial charge in [-0.2, -0.15) is 0 Å². The van der Waals surface area contributed by atoms with E-state index < -0.39 is 6.10 Å². The third kappa shape index (κ3) is 4.31. The van der Waals surface area contributed by atoms with E-state index in [1.54, 1.807) is 6.20 Å². The summed E-state index contributed by atoms with van der Waals surface area (Å²) in [5, 5.41) is 9.94. The average Bonchev–Trinajstić information content (AvgIpc) is 2.64. The molecular formula is C8H13NO3S. The predicted molar refractivity (Wildman–Crippen MR) is 49.7 cm³/mol. The number of ether oxygens (including phenoxy) is 1. The van der Waals surface area contributed by atoms with Gasteiger partial charge in [-0.05, 0) is 6.92 Å². The molecule has 0 saturated heterocycles. The molecule has 0 aliphatic rings. The number of aromatic nitrogens is 1. The molecule has 1 heterocycles. The third-order valence-electron chi connectivity index (χ3n) is 1.32. The summed E-state index contributed by atoms with van der Waals surface area (Å²) in [5.41, 5.74) is 0. The van der Waals surface area contributed by atoms with E-state index in [9.17, 15) is 5.11 Å². The van der Waals surface area contributed by atoms with E-state index in [1.165, 1.54) is 18.0 Å². The molecule has 0 bridgehead atoms. The summed E-state index contributed by atoms with van der Waals surface area (Å²) in [6.45, 7) is 2.89. The fourth-order valence-corrected chi connectivity index (χ4v) is 1.44. The van der Waals surface area contributed by atoms with E-state index in [1.807, 2.05) is 6.92 Å². The predicted octanol–water partition coefficient (Wildman–Crippen LogP) is 1.16. The van der Waals surface area contributed by atoms with Crippen LogP contribution in [0.15, 0.2) is 22.1 Å². The van der Waals surface area contributed by atoms with Crippen molar-refractivity contribution in [2.24, 2.45) is 0 Å². The van der Waals surface area contributed by atoms with Crippen LogP contribution in [0.5, 0.6) is 0 Å². The maximum atomic E-state index is 9.36. The van der Waals surface area contributed by atoms with E-state index in [4.69, 9.17) is 9.15 Å². The number of aliphatic hydroxyl groups excluding tert-OH is 1. The highest BCUT2D eigenvalue weighted by Crippen LogP contribution is 2.15. The molecule has 0 aliphatic heterocycles. The Kier molecular flexibility index (Phi) is 4.88. The summed E-state index contributed by atoms with van der Waals surface area (Å²) >= 11 is 1.38.